The third-order valence-electron chi connectivity index (χ3n) is 4.38. The second kappa shape index (κ2) is 8.95. The summed E-state index contributed by atoms with van der Waals surface area (Å²) in [5.74, 6) is -0.156. The molecular formula is C20H30FN3O2S. The number of rotatable bonds is 6. The standard InChI is InChI=1S/C20H30FN3O2S/c1-6-16-17(25)24(18(27-16)14-8-10-15(21)11-9-14)13-7-12-23(5)19(26)22-20(2,3)4/h8-11,16,18H,6-7,12-13H2,1-5H3,(H,22,26)/t16-,18-/m0/s1. The molecule has 7 heteroatoms. The van der Waals surface area contributed by atoms with Crippen LogP contribution in [0.5, 0.6) is 0 Å². The number of benzene rings is 1. The number of urea groups is 1. The van der Waals surface area contributed by atoms with Gasteiger partial charge in [0, 0.05) is 25.7 Å². The van der Waals surface area contributed by atoms with Crippen LogP contribution in [0.15, 0.2) is 24.3 Å². The van der Waals surface area contributed by atoms with Crippen LogP contribution in [0.4, 0.5) is 9.18 Å². The monoisotopic (exact) mass is 395 g/mol. The smallest absolute Gasteiger partial charge is 0.317 e. The Morgan fingerprint density at radius 1 is 1.30 bits per heavy atom. The molecule has 0 unspecified atom stereocenters. The highest BCUT2D eigenvalue weighted by molar-refractivity contribution is 8.01. The predicted molar refractivity (Wildman–Crippen MR) is 108 cm³/mol. The van der Waals surface area contributed by atoms with Crippen molar-refractivity contribution in [2.24, 2.45) is 0 Å². The lowest BCUT2D eigenvalue weighted by atomic mass is 10.1. The summed E-state index contributed by atoms with van der Waals surface area (Å²) in [6.07, 6.45) is 1.46. The van der Waals surface area contributed by atoms with Gasteiger partial charge in [-0.2, -0.15) is 0 Å². The summed E-state index contributed by atoms with van der Waals surface area (Å²) in [4.78, 5) is 28.4. The summed E-state index contributed by atoms with van der Waals surface area (Å²) in [5.41, 5.74) is 0.652. The lowest BCUT2D eigenvalue weighted by Gasteiger charge is -2.27. The number of amides is 3. The van der Waals surface area contributed by atoms with Crippen LogP contribution in [0.2, 0.25) is 0 Å². The molecule has 1 N–H and O–H groups in total. The van der Waals surface area contributed by atoms with Gasteiger partial charge < -0.3 is 15.1 Å². The Labute approximate surface area is 165 Å². The van der Waals surface area contributed by atoms with Crippen molar-refractivity contribution in [3.05, 3.63) is 35.6 Å². The molecule has 2 rings (SSSR count). The van der Waals surface area contributed by atoms with Gasteiger partial charge in [-0.1, -0.05) is 19.1 Å². The average Bonchev–Trinajstić information content (AvgIpc) is 2.90. The Kier molecular flexibility index (Phi) is 7.14. The van der Waals surface area contributed by atoms with Gasteiger partial charge >= 0.3 is 6.03 Å². The third kappa shape index (κ3) is 5.86. The number of thioether (sulfide) groups is 1. The molecule has 0 saturated carbocycles. The van der Waals surface area contributed by atoms with E-state index in [2.05, 4.69) is 5.32 Å². The van der Waals surface area contributed by atoms with E-state index < -0.39 is 0 Å². The zero-order valence-corrected chi connectivity index (χ0v) is 17.6. The molecule has 0 aliphatic carbocycles. The zero-order valence-electron chi connectivity index (χ0n) is 16.8. The van der Waals surface area contributed by atoms with Crippen LogP contribution >= 0.6 is 11.8 Å². The molecule has 0 bridgehead atoms. The van der Waals surface area contributed by atoms with Gasteiger partial charge in [-0.25, -0.2) is 9.18 Å². The minimum Gasteiger partial charge on any atom is -0.333 e. The van der Waals surface area contributed by atoms with Crippen LogP contribution in [0.1, 0.15) is 51.5 Å². The van der Waals surface area contributed by atoms with Gasteiger partial charge in [0.05, 0.1) is 5.25 Å². The van der Waals surface area contributed by atoms with Crippen LogP contribution in [-0.4, -0.2) is 52.7 Å². The van der Waals surface area contributed by atoms with Crippen LogP contribution in [-0.2, 0) is 4.79 Å². The number of carbonyl (C=O) groups is 2. The number of hydrogen-bond donors (Lipinski definition) is 1. The molecule has 27 heavy (non-hydrogen) atoms. The van der Waals surface area contributed by atoms with E-state index in [1.54, 1.807) is 35.8 Å². The molecular weight excluding hydrogens is 365 g/mol. The zero-order chi connectivity index (χ0) is 20.2. The van der Waals surface area contributed by atoms with Crippen molar-refractivity contribution in [1.82, 2.24) is 15.1 Å². The van der Waals surface area contributed by atoms with Crippen molar-refractivity contribution in [2.45, 2.75) is 56.7 Å². The van der Waals surface area contributed by atoms with Gasteiger partial charge in [-0.15, -0.1) is 11.8 Å². The first kappa shape index (κ1) is 21.5. The molecule has 0 aromatic heterocycles. The lowest BCUT2D eigenvalue weighted by molar-refractivity contribution is -0.130. The number of halogens is 1. The quantitative estimate of drug-likeness (QED) is 0.792. The van der Waals surface area contributed by atoms with E-state index in [1.165, 1.54) is 12.1 Å². The Bertz CT molecular complexity index is 660. The van der Waals surface area contributed by atoms with Gasteiger partial charge in [-0.05, 0) is 51.3 Å². The summed E-state index contributed by atoms with van der Waals surface area (Å²) < 4.78 is 13.2. The highest BCUT2D eigenvalue weighted by Gasteiger charge is 2.39. The van der Waals surface area contributed by atoms with Crippen LogP contribution in [0.3, 0.4) is 0 Å². The summed E-state index contributed by atoms with van der Waals surface area (Å²) in [7, 11) is 1.76. The van der Waals surface area contributed by atoms with E-state index in [-0.39, 0.29) is 33.9 Å². The molecule has 1 aliphatic rings. The van der Waals surface area contributed by atoms with E-state index >= 15 is 0 Å². The first-order valence-corrected chi connectivity index (χ1v) is 10.3. The van der Waals surface area contributed by atoms with Gasteiger partial charge in [0.1, 0.15) is 11.2 Å². The van der Waals surface area contributed by atoms with Crippen LogP contribution in [0, 0.1) is 5.82 Å². The predicted octanol–water partition coefficient (Wildman–Crippen LogP) is 4.01. The fourth-order valence-corrected chi connectivity index (χ4v) is 4.39. The van der Waals surface area contributed by atoms with Crippen LogP contribution in [0.25, 0.3) is 0 Å². The topological polar surface area (TPSA) is 52.6 Å². The molecule has 1 fully saturated rings. The molecule has 5 nitrogen and oxygen atoms in total. The Morgan fingerprint density at radius 2 is 1.93 bits per heavy atom. The lowest BCUT2D eigenvalue weighted by Crippen LogP contribution is -2.47. The molecule has 1 heterocycles. The Morgan fingerprint density at radius 3 is 2.48 bits per heavy atom. The van der Waals surface area contributed by atoms with Gasteiger partial charge in [-0.3, -0.25) is 4.79 Å². The maximum atomic E-state index is 13.2. The SMILES string of the molecule is CC[C@@H]1S[C@@H](c2ccc(F)cc2)N(CCCN(C)C(=O)NC(C)(C)C)C1=O. The largest absolute Gasteiger partial charge is 0.333 e. The molecule has 1 aromatic rings. The Hall–Kier alpha value is -1.76. The molecule has 0 radical (unpaired) electrons. The average molecular weight is 396 g/mol. The van der Waals surface area contributed by atoms with Crippen LogP contribution < -0.4 is 5.32 Å². The van der Waals surface area contributed by atoms with E-state index in [0.29, 0.717) is 19.5 Å². The van der Waals surface area contributed by atoms with Crippen molar-refractivity contribution in [3.63, 3.8) is 0 Å². The summed E-state index contributed by atoms with van der Waals surface area (Å²) in [6, 6.07) is 6.24. The maximum absolute atomic E-state index is 13.2. The minimum atomic E-state index is -0.283. The van der Waals surface area contributed by atoms with Gasteiger partial charge in [0.15, 0.2) is 0 Å². The van der Waals surface area contributed by atoms with E-state index in [1.807, 2.05) is 32.6 Å². The molecule has 150 valence electrons. The van der Waals surface area contributed by atoms with Gasteiger partial charge in [0.25, 0.3) is 0 Å². The van der Waals surface area contributed by atoms with E-state index in [4.69, 9.17) is 0 Å². The second-order valence-corrected chi connectivity index (χ2v) is 9.21. The second-order valence-electron chi connectivity index (χ2n) is 7.92. The molecule has 2 atom stereocenters. The van der Waals surface area contributed by atoms with Crippen molar-refractivity contribution in [3.8, 4) is 0 Å². The van der Waals surface area contributed by atoms with Gasteiger partial charge in [0.2, 0.25) is 5.91 Å². The van der Waals surface area contributed by atoms with E-state index in [0.717, 1.165) is 12.0 Å². The number of nitrogens with one attached hydrogen (secondary N) is 1. The molecule has 1 aliphatic heterocycles. The first-order chi connectivity index (χ1) is 12.6. The van der Waals surface area contributed by atoms with Crippen molar-refractivity contribution < 1.29 is 14.0 Å². The molecule has 3 amide bonds. The van der Waals surface area contributed by atoms with Crippen molar-refractivity contribution in [2.75, 3.05) is 20.1 Å². The normalized spacial score (nSPS) is 20.1. The Balaban J connectivity index is 1.98. The van der Waals surface area contributed by atoms with Crippen molar-refractivity contribution in [1.29, 1.82) is 0 Å². The highest BCUT2D eigenvalue weighted by Crippen LogP contribution is 2.44. The first-order valence-electron chi connectivity index (χ1n) is 9.37. The number of nitrogens with zero attached hydrogens (tertiary/aromatic N) is 2. The molecule has 1 aromatic carbocycles. The third-order valence-corrected chi connectivity index (χ3v) is 6.03. The molecule has 1 saturated heterocycles. The summed E-state index contributed by atoms with van der Waals surface area (Å²) >= 11 is 1.62. The maximum Gasteiger partial charge on any atom is 0.317 e. The number of hydrogen-bond acceptors (Lipinski definition) is 3. The van der Waals surface area contributed by atoms with Crippen molar-refractivity contribution >= 4 is 23.7 Å². The fourth-order valence-electron chi connectivity index (χ4n) is 2.97. The minimum absolute atomic E-state index is 0.0676. The summed E-state index contributed by atoms with van der Waals surface area (Å²) in [6.45, 7) is 8.96. The fraction of sp³-hybridized carbons (Fsp3) is 0.600. The molecule has 0 spiro atoms. The number of carbonyl (C=O) groups excluding carboxylic acids is 2. The van der Waals surface area contributed by atoms with E-state index in [9.17, 15) is 14.0 Å². The summed E-state index contributed by atoms with van der Waals surface area (Å²) in [5, 5.41) is 2.76. The highest BCUT2D eigenvalue weighted by atomic mass is 32.2.